The molecule has 0 aromatic heterocycles. The number of benzene rings is 1. The number of hydrogen-bond donors (Lipinski definition) is 2. The number of nitro groups is 1. The SMILES string of the molecule is C=CCN(CC(=O)O)S(=O)(=O)c1ccc(O)c([N+](=O)[O-])c1. The molecular weight excluding hydrogens is 304 g/mol. The summed E-state index contributed by atoms with van der Waals surface area (Å²) in [6.07, 6.45) is 1.19. The summed E-state index contributed by atoms with van der Waals surface area (Å²) in [4.78, 5) is 20.0. The molecule has 114 valence electrons. The molecule has 0 atom stereocenters. The van der Waals surface area contributed by atoms with Gasteiger partial charge in [-0.2, -0.15) is 4.31 Å². The highest BCUT2D eigenvalue weighted by Crippen LogP contribution is 2.29. The second kappa shape index (κ2) is 6.33. The van der Waals surface area contributed by atoms with Gasteiger partial charge in [0.2, 0.25) is 10.0 Å². The van der Waals surface area contributed by atoms with Gasteiger partial charge in [0.05, 0.1) is 9.82 Å². The number of phenolic OH excluding ortho intramolecular Hbond substituents is 1. The first-order chi connectivity index (χ1) is 9.70. The van der Waals surface area contributed by atoms with Gasteiger partial charge in [-0.15, -0.1) is 6.58 Å². The van der Waals surface area contributed by atoms with E-state index in [4.69, 9.17) is 5.11 Å². The van der Waals surface area contributed by atoms with E-state index in [1.807, 2.05) is 0 Å². The molecule has 0 saturated carbocycles. The highest BCUT2D eigenvalue weighted by Gasteiger charge is 2.28. The fourth-order valence-electron chi connectivity index (χ4n) is 1.50. The lowest BCUT2D eigenvalue weighted by atomic mass is 10.3. The van der Waals surface area contributed by atoms with Crippen molar-refractivity contribution in [1.82, 2.24) is 4.31 Å². The molecule has 2 N–H and O–H groups in total. The number of aliphatic carboxylic acids is 1. The lowest BCUT2D eigenvalue weighted by Gasteiger charge is -2.18. The maximum absolute atomic E-state index is 12.3. The van der Waals surface area contributed by atoms with Crippen molar-refractivity contribution in [2.45, 2.75) is 4.90 Å². The van der Waals surface area contributed by atoms with E-state index in [1.165, 1.54) is 6.08 Å². The van der Waals surface area contributed by atoms with Crippen molar-refractivity contribution in [3.63, 3.8) is 0 Å². The predicted octanol–water partition coefficient (Wildman–Crippen LogP) is 0.562. The van der Waals surface area contributed by atoms with Crippen LogP contribution in [0.5, 0.6) is 5.75 Å². The van der Waals surface area contributed by atoms with Gasteiger partial charge in [-0.3, -0.25) is 14.9 Å². The molecule has 0 saturated heterocycles. The van der Waals surface area contributed by atoms with Crippen LogP contribution in [0.25, 0.3) is 0 Å². The highest BCUT2D eigenvalue weighted by molar-refractivity contribution is 7.89. The van der Waals surface area contributed by atoms with Crippen molar-refractivity contribution in [2.75, 3.05) is 13.1 Å². The van der Waals surface area contributed by atoms with Gasteiger partial charge in [0, 0.05) is 12.6 Å². The molecule has 0 bridgehead atoms. The fourth-order valence-corrected chi connectivity index (χ4v) is 2.88. The van der Waals surface area contributed by atoms with Gasteiger partial charge < -0.3 is 10.2 Å². The lowest BCUT2D eigenvalue weighted by molar-refractivity contribution is -0.386. The minimum absolute atomic E-state index is 0.274. The Hall–Kier alpha value is -2.46. The second-order valence-corrected chi connectivity index (χ2v) is 5.83. The van der Waals surface area contributed by atoms with Crippen molar-refractivity contribution in [2.24, 2.45) is 0 Å². The van der Waals surface area contributed by atoms with E-state index >= 15 is 0 Å². The number of phenols is 1. The summed E-state index contributed by atoms with van der Waals surface area (Å²) >= 11 is 0. The van der Waals surface area contributed by atoms with Crippen molar-refractivity contribution in [3.05, 3.63) is 41.0 Å². The maximum atomic E-state index is 12.3. The number of nitrogens with zero attached hydrogens (tertiary/aromatic N) is 2. The molecule has 0 unspecified atom stereocenters. The summed E-state index contributed by atoms with van der Waals surface area (Å²) in [7, 11) is -4.27. The van der Waals surface area contributed by atoms with E-state index in [9.17, 15) is 28.4 Å². The maximum Gasteiger partial charge on any atom is 0.318 e. The molecule has 21 heavy (non-hydrogen) atoms. The van der Waals surface area contributed by atoms with Crippen LogP contribution in [0.2, 0.25) is 0 Å². The Labute approximate surface area is 119 Å². The quantitative estimate of drug-likeness (QED) is 0.426. The first kappa shape index (κ1) is 16.6. The molecule has 1 aromatic rings. The Morgan fingerprint density at radius 1 is 1.48 bits per heavy atom. The van der Waals surface area contributed by atoms with Crippen molar-refractivity contribution >= 4 is 21.7 Å². The number of hydrogen-bond acceptors (Lipinski definition) is 6. The number of rotatable bonds is 7. The number of carbonyl (C=O) groups is 1. The number of sulfonamides is 1. The summed E-state index contributed by atoms with van der Waals surface area (Å²) in [5.74, 6) is -2.07. The van der Waals surface area contributed by atoms with E-state index in [1.54, 1.807) is 0 Å². The van der Waals surface area contributed by atoms with E-state index in [2.05, 4.69) is 6.58 Å². The molecule has 1 aromatic carbocycles. The smallest absolute Gasteiger partial charge is 0.318 e. The molecule has 1 rings (SSSR count). The standard InChI is InChI=1S/C11H12N2O7S/c1-2-5-12(7-11(15)16)21(19,20)8-3-4-10(14)9(6-8)13(17)18/h2-4,6,14H,1,5,7H2,(H,15,16). The first-order valence-electron chi connectivity index (χ1n) is 5.50. The third kappa shape index (κ3) is 3.77. The van der Waals surface area contributed by atoms with Gasteiger partial charge in [0.25, 0.3) is 0 Å². The first-order valence-corrected chi connectivity index (χ1v) is 6.94. The van der Waals surface area contributed by atoms with Gasteiger partial charge in [0.15, 0.2) is 5.75 Å². The Morgan fingerprint density at radius 2 is 2.10 bits per heavy atom. The number of nitro benzene ring substituents is 1. The van der Waals surface area contributed by atoms with E-state index in [-0.39, 0.29) is 6.54 Å². The summed E-state index contributed by atoms with van der Waals surface area (Å²) in [5.41, 5.74) is -0.787. The molecule has 10 heteroatoms. The predicted molar refractivity (Wildman–Crippen MR) is 71.4 cm³/mol. The van der Waals surface area contributed by atoms with Crippen LogP contribution in [0.3, 0.4) is 0 Å². The minimum Gasteiger partial charge on any atom is -0.502 e. The van der Waals surface area contributed by atoms with Gasteiger partial charge in [-0.1, -0.05) is 6.08 Å². The van der Waals surface area contributed by atoms with Crippen LogP contribution in [0.1, 0.15) is 0 Å². The van der Waals surface area contributed by atoms with Gasteiger partial charge in [0.1, 0.15) is 6.54 Å². The number of carboxylic acids is 1. The third-order valence-electron chi connectivity index (χ3n) is 2.43. The monoisotopic (exact) mass is 316 g/mol. The van der Waals surface area contributed by atoms with Crippen molar-refractivity contribution in [3.8, 4) is 5.75 Å². The average molecular weight is 316 g/mol. The Kier molecular flexibility index (Phi) is 5.00. The zero-order chi connectivity index (χ0) is 16.2. The summed E-state index contributed by atoms with van der Waals surface area (Å²) in [5, 5.41) is 28.7. The molecule has 0 amide bonds. The van der Waals surface area contributed by atoms with Crippen molar-refractivity contribution < 1.29 is 28.3 Å². The number of carboxylic acid groups (broad SMARTS) is 1. The summed E-state index contributed by atoms with van der Waals surface area (Å²) in [6, 6.07) is 2.48. The molecule has 0 aliphatic rings. The van der Waals surface area contributed by atoms with Crippen LogP contribution in [-0.4, -0.2) is 46.9 Å². The highest BCUT2D eigenvalue weighted by atomic mass is 32.2. The molecule has 9 nitrogen and oxygen atoms in total. The second-order valence-electron chi connectivity index (χ2n) is 3.89. The van der Waals surface area contributed by atoms with Gasteiger partial charge in [-0.25, -0.2) is 8.42 Å². The topological polar surface area (TPSA) is 138 Å². The lowest BCUT2D eigenvalue weighted by Crippen LogP contribution is -2.35. The van der Waals surface area contributed by atoms with Crippen LogP contribution < -0.4 is 0 Å². The molecule has 0 aliphatic heterocycles. The zero-order valence-electron chi connectivity index (χ0n) is 10.7. The van der Waals surface area contributed by atoms with Gasteiger partial charge >= 0.3 is 11.7 Å². The van der Waals surface area contributed by atoms with Crippen LogP contribution in [0, 0.1) is 10.1 Å². The summed E-state index contributed by atoms with van der Waals surface area (Å²) in [6.45, 7) is 2.24. The molecular formula is C11H12N2O7S. The van der Waals surface area contributed by atoms with Crippen LogP contribution in [0.15, 0.2) is 35.7 Å². The summed E-state index contributed by atoms with van der Waals surface area (Å²) < 4.78 is 25.1. The molecule has 0 fully saturated rings. The molecule has 0 heterocycles. The van der Waals surface area contributed by atoms with Crippen LogP contribution in [0.4, 0.5) is 5.69 Å². The third-order valence-corrected chi connectivity index (χ3v) is 4.23. The molecule has 0 spiro atoms. The average Bonchev–Trinajstić information content (AvgIpc) is 2.37. The molecule has 0 radical (unpaired) electrons. The zero-order valence-corrected chi connectivity index (χ0v) is 11.5. The Bertz CT molecular complexity index is 684. The Morgan fingerprint density at radius 3 is 2.57 bits per heavy atom. The Balaban J connectivity index is 3.34. The fraction of sp³-hybridized carbons (Fsp3) is 0.182. The van der Waals surface area contributed by atoms with Crippen molar-refractivity contribution in [1.29, 1.82) is 0 Å². The largest absolute Gasteiger partial charge is 0.502 e. The van der Waals surface area contributed by atoms with Crippen LogP contribution in [-0.2, 0) is 14.8 Å². The van der Waals surface area contributed by atoms with E-state index in [0.29, 0.717) is 10.4 Å². The van der Waals surface area contributed by atoms with Crippen LogP contribution >= 0.6 is 0 Å². The van der Waals surface area contributed by atoms with E-state index in [0.717, 1.165) is 12.1 Å². The van der Waals surface area contributed by atoms with E-state index < -0.39 is 43.8 Å². The normalized spacial score (nSPS) is 11.3. The minimum atomic E-state index is -4.27. The van der Waals surface area contributed by atoms with Gasteiger partial charge in [-0.05, 0) is 12.1 Å². The molecule has 0 aliphatic carbocycles. The number of aromatic hydroxyl groups is 1.